The number of esters is 2. The number of aliphatic carboxylic acids is 1. The summed E-state index contributed by atoms with van der Waals surface area (Å²) in [4.78, 5) is 36.7. The van der Waals surface area contributed by atoms with Gasteiger partial charge in [-0.2, -0.15) is 0 Å². The van der Waals surface area contributed by atoms with Crippen molar-refractivity contribution in [2.75, 3.05) is 41.0 Å². The smallest absolute Gasteiger partial charge is 0.306 e. The Hall–Kier alpha value is -4.27. The molecule has 2 atom stereocenters. The van der Waals surface area contributed by atoms with Crippen LogP contribution >= 0.6 is 0 Å². The lowest BCUT2D eigenvalue weighted by molar-refractivity contribution is -0.889. The number of likely N-dealkylation sites (N-methyl/N-ethyl adjacent to an activating group) is 1. The number of quaternary nitrogens is 1. The fourth-order valence-electron chi connectivity index (χ4n) is 5.05. The van der Waals surface area contributed by atoms with Gasteiger partial charge >= 0.3 is 11.9 Å². The summed E-state index contributed by atoms with van der Waals surface area (Å²) in [5, 5.41) is 11.6. The van der Waals surface area contributed by atoms with Gasteiger partial charge in [0.1, 0.15) is 12.6 Å². The van der Waals surface area contributed by atoms with Crippen LogP contribution in [0.4, 0.5) is 0 Å². The monoisotopic (exact) mass is 776 g/mol. The lowest BCUT2D eigenvalue weighted by atomic mass is 10.1. The normalized spacial score (nSPS) is 14.2. The number of carboxylic acids is 1. The Morgan fingerprint density at radius 1 is 0.554 bits per heavy atom. The van der Waals surface area contributed by atoms with Gasteiger partial charge in [0.05, 0.1) is 40.3 Å². The first-order chi connectivity index (χ1) is 27.1. The number of rotatable bonds is 34. The Morgan fingerprint density at radius 2 is 1.07 bits per heavy atom. The number of ether oxygens (including phenoxy) is 3. The molecule has 0 aliphatic carbocycles. The highest BCUT2D eigenvalue weighted by molar-refractivity contribution is 5.70. The second-order valence-corrected chi connectivity index (χ2v) is 14.2. The lowest BCUT2D eigenvalue weighted by Crippen LogP contribution is -2.55. The van der Waals surface area contributed by atoms with Crippen LogP contribution < -0.4 is 5.11 Å². The molecule has 0 aromatic carbocycles. The van der Waals surface area contributed by atoms with Crippen molar-refractivity contribution in [3.8, 4) is 0 Å². The second kappa shape index (κ2) is 37.6. The van der Waals surface area contributed by atoms with E-state index in [1.807, 2.05) is 48.6 Å². The zero-order valence-electron chi connectivity index (χ0n) is 35.2. The largest absolute Gasteiger partial charge is 0.544 e. The van der Waals surface area contributed by atoms with Crippen molar-refractivity contribution in [3.63, 3.8) is 0 Å². The van der Waals surface area contributed by atoms with Crippen molar-refractivity contribution in [3.05, 3.63) is 122 Å². The van der Waals surface area contributed by atoms with Gasteiger partial charge in [-0.3, -0.25) is 9.59 Å². The molecule has 8 heteroatoms. The maximum Gasteiger partial charge on any atom is 0.306 e. The summed E-state index contributed by atoms with van der Waals surface area (Å²) >= 11 is 0. The Balaban J connectivity index is 4.60. The van der Waals surface area contributed by atoms with Crippen molar-refractivity contribution < 1.29 is 38.2 Å². The van der Waals surface area contributed by atoms with Gasteiger partial charge in [0.15, 0.2) is 6.10 Å². The number of carboxylic acid groups (broad SMARTS) is 1. The van der Waals surface area contributed by atoms with Gasteiger partial charge in [0.25, 0.3) is 0 Å². The average molecular weight is 776 g/mol. The zero-order valence-corrected chi connectivity index (χ0v) is 35.2. The van der Waals surface area contributed by atoms with Gasteiger partial charge in [-0.25, -0.2) is 0 Å². The van der Waals surface area contributed by atoms with E-state index in [4.69, 9.17) is 14.2 Å². The van der Waals surface area contributed by atoms with E-state index >= 15 is 0 Å². The molecule has 0 spiro atoms. The zero-order chi connectivity index (χ0) is 41.4. The van der Waals surface area contributed by atoms with Crippen LogP contribution in [-0.4, -0.2) is 75.5 Å². The van der Waals surface area contributed by atoms with Crippen LogP contribution in [0.5, 0.6) is 0 Å². The molecular formula is C48H73NO7. The van der Waals surface area contributed by atoms with Crippen LogP contribution in [0, 0.1) is 0 Å². The molecule has 0 amide bonds. The van der Waals surface area contributed by atoms with Gasteiger partial charge in [-0.1, -0.05) is 142 Å². The van der Waals surface area contributed by atoms with Gasteiger partial charge in [-0.15, -0.1) is 0 Å². The molecular weight excluding hydrogens is 703 g/mol. The van der Waals surface area contributed by atoms with Crippen molar-refractivity contribution in [1.82, 2.24) is 0 Å². The molecule has 56 heavy (non-hydrogen) atoms. The number of nitrogens with zero attached hydrogens (tertiary/aromatic N) is 1. The molecule has 0 aromatic heterocycles. The molecule has 0 saturated heterocycles. The molecule has 0 rings (SSSR count). The Labute approximate surface area is 340 Å². The highest BCUT2D eigenvalue weighted by atomic mass is 16.6. The lowest BCUT2D eigenvalue weighted by Gasteiger charge is -2.34. The van der Waals surface area contributed by atoms with Gasteiger partial charge in [0, 0.05) is 19.3 Å². The van der Waals surface area contributed by atoms with Crippen molar-refractivity contribution in [2.45, 2.75) is 122 Å². The maximum atomic E-state index is 12.7. The minimum Gasteiger partial charge on any atom is -0.544 e. The van der Waals surface area contributed by atoms with Crippen LogP contribution in [0.2, 0.25) is 0 Å². The summed E-state index contributed by atoms with van der Waals surface area (Å²) in [5.74, 6) is -1.92. The molecule has 0 heterocycles. The number of hydrogen-bond acceptors (Lipinski definition) is 7. The predicted octanol–water partition coefficient (Wildman–Crippen LogP) is 9.74. The van der Waals surface area contributed by atoms with Gasteiger partial charge in [-0.05, 0) is 70.6 Å². The summed E-state index contributed by atoms with van der Waals surface area (Å²) in [5.41, 5.74) is 0. The van der Waals surface area contributed by atoms with Crippen LogP contribution in [0.3, 0.4) is 0 Å². The first-order valence-corrected chi connectivity index (χ1v) is 20.6. The van der Waals surface area contributed by atoms with E-state index in [0.717, 1.165) is 64.2 Å². The third-order valence-corrected chi connectivity index (χ3v) is 8.20. The fraction of sp³-hybridized carbons (Fsp3) is 0.521. The molecule has 8 nitrogen and oxygen atoms in total. The molecule has 2 unspecified atom stereocenters. The summed E-state index contributed by atoms with van der Waals surface area (Å²) in [7, 11) is 5.34. The summed E-state index contributed by atoms with van der Waals surface area (Å²) < 4.78 is 17.0. The first kappa shape index (κ1) is 51.7. The Morgan fingerprint density at radius 3 is 1.61 bits per heavy atom. The number of unbranched alkanes of at least 4 members (excludes halogenated alkanes) is 3. The van der Waals surface area contributed by atoms with Gasteiger partial charge < -0.3 is 28.6 Å². The first-order valence-electron chi connectivity index (χ1n) is 20.6. The molecule has 312 valence electrons. The summed E-state index contributed by atoms with van der Waals surface area (Å²) in [6.45, 7) is 4.24. The standard InChI is InChI=1S/C48H73NO7/c1-6-8-10-12-14-16-18-20-21-22-23-24-25-27-29-31-33-35-37-39-47(51)56-44(42-54-41-40-45(48(52)53)49(3,4)5)43-55-46(50)38-36-34-32-30-28-26-19-17-15-13-11-9-7-2/h8-11,13-17,19-21,23-24,26-29,33,35,44-45H,6-7,12,18,22,25,30-32,34,36-43H2,1-5H3/b10-8+,11-9+,15-13+,16-14+,19-17+,21-20+,24-23+,28-26+,29-27+,35-33+. The summed E-state index contributed by atoms with van der Waals surface area (Å²) in [6, 6.07) is -0.752. The molecule has 0 bridgehead atoms. The number of carbonyl (C=O) groups is 3. The third-order valence-electron chi connectivity index (χ3n) is 8.20. The highest BCUT2D eigenvalue weighted by Gasteiger charge is 2.25. The maximum absolute atomic E-state index is 12.7. The van der Waals surface area contributed by atoms with Crippen molar-refractivity contribution >= 4 is 17.9 Å². The molecule has 0 radical (unpaired) electrons. The third kappa shape index (κ3) is 35.4. The Kier molecular flexibility index (Phi) is 34.8. The van der Waals surface area contributed by atoms with E-state index in [1.165, 1.54) is 0 Å². The molecule has 0 aliphatic heterocycles. The van der Waals surface area contributed by atoms with E-state index in [0.29, 0.717) is 12.8 Å². The van der Waals surface area contributed by atoms with Gasteiger partial charge in [0.2, 0.25) is 0 Å². The van der Waals surface area contributed by atoms with E-state index in [1.54, 1.807) is 21.1 Å². The minimum absolute atomic E-state index is 0.0120. The minimum atomic E-state index is -1.15. The van der Waals surface area contributed by atoms with Crippen LogP contribution in [-0.2, 0) is 28.6 Å². The van der Waals surface area contributed by atoms with E-state index in [-0.39, 0.29) is 49.5 Å². The molecule has 0 fully saturated rings. The van der Waals surface area contributed by atoms with Crippen molar-refractivity contribution in [1.29, 1.82) is 0 Å². The fourth-order valence-corrected chi connectivity index (χ4v) is 5.05. The molecule has 0 N–H and O–H groups in total. The van der Waals surface area contributed by atoms with Crippen LogP contribution in [0.25, 0.3) is 0 Å². The van der Waals surface area contributed by atoms with E-state index in [9.17, 15) is 19.5 Å². The molecule has 0 aliphatic rings. The number of hydrogen-bond donors (Lipinski definition) is 0. The molecule has 0 saturated carbocycles. The molecule has 0 aromatic rings. The number of carbonyl (C=O) groups excluding carboxylic acids is 3. The summed E-state index contributed by atoms with van der Waals surface area (Å²) in [6.07, 6.45) is 52.4. The quantitative estimate of drug-likeness (QED) is 0.0211. The van der Waals surface area contributed by atoms with E-state index in [2.05, 4.69) is 86.8 Å². The second-order valence-electron chi connectivity index (χ2n) is 14.2. The average Bonchev–Trinajstić information content (AvgIpc) is 3.15. The number of allylic oxidation sites excluding steroid dienone is 20. The topological polar surface area (TPSA) is 102 Å². The van der Waals surface area contributed by atoms with Crippen LogP contribution in [0.15, 0.2) is 122 Å². The predicted molar refractivity (Wildman–Crippen MR) is 230 cm³/mol. The Bertz CT molecular complexity index is 1320. The highest BCUT2D eigenvalue weighted by Crippen LogP contribution is 2.10. The van der Waals surface area contributed by atoms with Crippen molar-refractivity contribution in [2.24, 2.45) is 0 Å². The van der Waals surface area contributed by atoms with Crippen LogP contribution in [0.1, 0.15) is 110 Å². The SMILES string of the molecule is CC/C=C/C=C/C=C/C=C/CCCCCC(=O)OCC(COCCC(C(=O)[O-])[N+](C)(C)C)OC(=O)CC/C=C/C/C=C/C/C=C/C/C=C/C/C=C/C/C=C/CC. The van der Waals surface area contributed by atoms with E-state index < -0.39 is 24.1 Å².